The van der Waals surface area contributed by atoms with Gasteiger partial charge in [-0.15, -0.1) is 0 Å². The monoisotopic (exact) mass is 291 g/mol. The Morgan fingerprint density at radius 2 is 2.20 bits per heavy atom. The Labute approximate surface area is 73.9 Å². The second-order valence-corrected chi connectivity index (χ2v) is 0.362. The second kappa shape index (κ2) is 9.04. The third kappa shape index (κ3) is 10.8. The van der Waals surface area contributed by atoms with Gasteiger partial charge in [0.2, 0.25) is 0 Å². The van der Waals surface area contributed by atoms with Crippen LogP contribution in [0, 0.1) is 44.1 Å². The van der Waals surface area contributed by atoms with Crippen molar-refractivity contribution in [2.24, 2.45) is 0 Å². The molecule has 0 aliphatic heterocycles. The van der Waals surface area contributed by atoms with Crippen molar-refractivity contribution >= 4 is 0 Å². The Balaban J connectivity index is 0. The molecule has 1 N–H and O–H groups in total. The molecule has 0 aromatic rings. The molecule has 0 aliphatic carbocycles. The summed E-state index contributed by atoms with van der Waals surface area (Å²) in [6, 6.07) is 0. The molecule has 0 bridgehead atoms. The Kier molecular flexibility index (Phi) is 4.79. The van der Waals surface area contributed by atoms with E-state index in [2.05, 4.69) is 0 Å². The molecule has 0 fully saturated rings. The van der Waals surface area contributed by atoms with Crippen LogP contribution in [-0.2, 0) is 0 Å². The third-order valence-electron chi connectivity index (χ3n) is 0.112. The molecule has 0 spiro atoms. The van der Waals surface area contributed by atoms with Crippen LogP contribution in [0.15, 0.2) is 0 Å². The molecular weight excluding hydrogens is 279 g/mol. The molecular formula is C3H8AcO. The molecule has 0 amide bonds. The zero-order chi connectivity index (χ0) is 7.00. The molecule has 2 heteroatoms. The second-order valence-electron chi connectivity index (χ2n) is 0.362. The predicted molar refractivity (Wildman–Crippen MR) is 17.4 cm³/mol. The van der Waals surface area contributed by atoms with Crippen molar-refractivity contribution in [1.82, 2.24) is 0 Å². The molecule has 0 aliphatic rings. The SMILES string of the molecule is [2H]C([2H])(C)C([2H])([2H])O.[Ac]. The van der Waals surface area contributed by atoms with Gasteiger partial charge in [0.25, 0.3) is 0 Å². The van der Waals surface area contributed by atoms with E-state index in [4.69, 9.17) is 10.6 Å². The zero-order valence-electron chi connectivity index (χ0n) is 7.02. The minimum absolute atomic E-state index is 0. The number of rotatable bonds is 1. The van der Waals surface area contributed by atoms with Gasteiger partial charge in [0.15, 0.2) is 0 Å². The topological polar surface area (TPSA) is 20.2 Å². The summed E-state index contributed by atoms with van der Waals surface area (Å²) >= 11 is 0. The van der Waals surface area contributed by atoms with Crippen LogP contribution in [0.25, 0.3) is 0 Å². The Hall–Kier alpha value is 1.40. The van der Waals surface area contributed by atoms with Crippen molar-refractivity contribution in [2.45, 2.75) is 13.3 Å². The first-order chi connectivity index (χ1) is 3.25. The van der Waals surface area contributed by atoms with Crippen LogP contribution in [-0.4, -0.2) is 11.7 Å². The largest absolute Gasteiger partial charge is 0.396 e. The van der Waals surface area contributed by atoms with Crippen LogP contribution in [0.1, 0.15) is 18.8 Å². The van der Waals surface area contributed by atoms with Crippen molar-refractivity contribution < 1.29 is 54.7 Å². The minimum atomic E-state index is -2.73. The third-order valence-corrected chi connectivity index (χ3v) is 0.112. The van der Waals surface area contributed by atoms with Crippen LogP contribution in [0.5, 0.6) is 0 Å². The van der Waals surface area contributed by atoms with Gasteiger partial charge in [0.05, 0.1) is 2.74 Å². The average molecular weight is 291 g/mol. The maximum atomic E-state index is 8.31. The zero-order valence-corrected chi connectivity index (χ0v) is 7.77. The van der Waals surface area contributed by atoms with E-state index in [1.165, 1.54) is 0 Å². The van der Waals surface area contributed by atoms with E-state index in [1.54, 1.807) is 0 Å². The molecule has 0 aromatic carbocycles. The molecule has 29 valence electrons. The fraction of sp³-hybridized carbons (Fsp3) is 1.00. The average Bonchev–Trinajstić information content (AvgIpc) is 1.25. The predicted octanol–water partition coefficient (Wildman–Crippen LogP) is 0.389. The van der Waals surface area contributed by atoms with Crippen LogP contribution < -0.4 is 0 Å². The van der Waals surface area contributed by atoms with Crippen molar-refractivity contribution in [3.63, 3.8) is 0 Å². The van der Waals surface area contributed by atoms with Crippen molar-refractivity contribution in [3.8, 4) is 0 Å². The maximum Gasteiger partial charge on any atom is 0.0564 e. The summed E-state index contributed by atoms with van der Waals surface area (Å²) in [5, 5.41) is 8.31. The van der Waals surface area contributed by atoms with Gasteiger partial charge in [0, 0.05) is 53.4 Å². The Morgan fingerprint density at radius 1 is 2.00 bits per heavy atom. The number of hydrogen-bond donors (Lipinski definition) is 1. The fourth-order valence-electron chi connectivity index (χ4n) is 0. The normalized spacial score (nSPS) is 23.6. The Morgan fingerprint density at radius 3 is 2.20 bits per heavy atom. The van der Waals surface area contributed by atoms with Gasteiger partial charge < -0.3 is 5.11 Å². The molecule has 0 saturated heterocycles. The molecule has 0 heterocycles. The molecule has 0 rings (SSSR count). The summed E-state index contributed by atoms with van der Waals surface area (Å²) < 4.78 is 26.1. The summed E-state index contributed by atoms with van der Waals surface area (Å²) in [5.41, 5.74) is 0. The molecule has 1 nitrogen and oxygen atoms in total. The summed E-state index contributed by atoms with van der Waals surface area (Å²) in [7, 11) is 0. The standard InChI is InChI=1S/C3H8O.Ac/c1-2-3-4;/h4H,2-3H2,1H3;/i2D2,3D2;. The van der Waals surface area contributed by atoms with E-state index >= 15 is 0 Å². The van der Waals surface area contributed by atoms with Gasteiger partial charge in [-0.1, -0.05) is 6.92 Å². The van der Waals surface area contributed by atoms with Crippen molar-refractivity contribution in [2.75, 3.05) is 6.56 Å². The van der Waals surface area contributed by atoms with Crippen LogP contribution in [0.3, 0.4) is 0 Å². The van der Waals surface area contributed by atoms with Gasteiger partial charge in [-0.25, -0.2) is 0 Å². The first-order valence-electron chi connectivity index (χ1n) is 2.97. The molecule has 5 heavy (non-hydrogen) atoms. The van der Waals surface area contributed by atoms with E-state index in [-0.39, 0.29) is 44.1 Å². The summed E-state index contributed by atoms with van der Waals surface area (Å²) in [6.45, 7) is -1.75. The first kappa shape index (κ1) is 2.65. The van der Waals surface area contributed by atoms with E-state index < -0.39 is 12.9 Å². The Bertz CT molecular complexity index is 70.8. The summed E-state index contributed by atoms with van der Waals surface area (Å²) in [6.07, 6.45) is -2.17. The van der Waals surface area contributed by atoms with Crippen LogP contribution >= 0.6 is 0 Å². The fourth-order valence-corrected chi connectivity index (χ4v) is 0. The maximum absolute atomic E-state index is 8.31. The molecule has 0 saturated carbocycles. The van der Waals surface area contributed by atoms with E-state index in [1.807, 2.05) is 0 Å². The van der Waals surface area contributed by atoms with Crippen molar-refractivity contribution in [1.29, 1.82) is 0 Å². The number of aliphatic hydroxyl groups is 1. The number of hydrogen-bond acceptors (Lipinski definition) is 1. The van der Waals surface area contributed by atoms with Gasteiger partial charge in [-0.2, -0.15) is 0 Å². The van der Waals surface area contributed by atoms with Gasteiger partial charge in [0.1, 0.15) is 0 Å². The molecule has 0 unspecified atom stereocenters. The smallest absolute Gasteiger partial charge is 0.0564 e. The van der Waals surface area contributed by atoms with Gasteiger partial charge in [-0.3, -0.25) is 0 Å². The van der Waals surface area contributed by atoms with E-state index in [9.17, 15) is 0 Å². The quantitative estimate of drug-likeness (QED) is 0.741. The van der Waals surface area contributed by atoms with Crippen LogP contribution in [0.4, 0.5) is 0 Å². The summed E-state index contributed by atoms with van der Waals surface area (Å²) in [5.74, 6) is 0. The van der Waals surface area contributed by atoms with E-state index in [0.29, 0.717) is 0 Å². The van der Waals surface area contributed by atoms with Gasteiger partial charge in [-0.05, 0) is 6.37 Å². The first-order valence-corrected chi connectivity index (χ1v) is 0.974. The van der Waals surface area contributed by atoms with Gasteiger partial charge >= 0.3 is 0 Å². The molecule has 1 radical (unpaired) electrons. The summed E-state index contributed by atoms with van der Waals surface area (Å²) in [4.78, 5) is 0. The van der Waals surface area contributed by atoms with E-state index in [0.717, 1.165) is 6.92 Å². The van der Waals surface area contributed by atoms with Crippen LogP contribution in [0.2, 0.25) is 0 Å². The molecule has 0 atom stereocenters. The minimum Gasteiger partial charge on any atom is -0.396 e. The molecule has 0 aromatic heterocycles. The van der Waals surface area contributed by atoms with Crippen molar-refractivity contribution in [3.05, 3.63) is 0 Å².